The first kappa shape index (κ1) is 18.7. The first-order valence-electron chi connectivity index (χ1n) is 10.3. The zero-order chi connectivity index (χ0) is 19.5. The normalized spacial score (nSPS) is 22.1. The highest BCUT2D eigenvalue weighted by Gasteiger charge is 2.39. The van der Waals surface area contributed by atoms with Crippen molar-refractivity contribution in [1.29, 1.82) is 0 Å². The minimum atomic E-state index is 0.320. The van der Waals surface area contributed by atoms with Crippen molar-refractivity contribution in [2.45, 2.75) is 38.6 Å². The molecule has 0 bridgehead atoms. The highest BCUT2D eigenvalue weighted by molar-refractivity contribution is 5.77. The van der Waals surface area contributed by atoms with Crippen molar-refractivity contribution in [3.05, 3.63) is 47.7 Å². The van der Waals surface area contributed by atoms with Crippen LogP contribution in [0.3, 0.4) is 0 Å². The molecular weight excluding hydrogens is 350 g/mol. The van der Waals surface area contributed by atoms with Crippen LogP contribution in [-0.2, 0) is 11.2 Å². The smallest absolute Gasteiger partial charge is 0.224 e. The van der Waals surface area contributed by atoms with Crippen LogP contribution in [0, 0.1) is 12.8 Å². The number of rotatable bonds is 5. The van der Waals surface area contributed by atoms with Crippen molar-refractivity contribution in [2.75, 3.05) is 36.9 Å². The average Bonchev–Trinajstić information content (AvgIpc) is 2.73. The molecule has 2 atom stereocenters. The summed E-state index contributed by atoms with van der Waals surface area (Å²) in [5.74, 6) is 2.49. The summed E-state index contributed by atoms with van der Waals surface area (Å²) in [6.07, 6.45) is 3.57. The van der Waals surface area contributed by atoms with E-state index in [2.05, 4.69) is 55.4 Å². The van der Waals surface area contributed by atoms with Crippen molar-refractivity contribution in [1.82, 2.24) is 14.9 Å². The molecule has 1 aromatic heterocycles. The number of carbonyl (C=O) groups excluding carboxylic acids is 1. The largest absolute Gasteiger partial charge is 0.357 e. The maximum absolute atomic E-state index is 12.6. The van der Waals surface area contributed by atoms with Crippen LogP contribution in [-0.4, -0.2) is 53.5 Å². The Morgan fingerprint density at radius 2 is 2.00 bits per heavy atom. The van der Waals surface area contributed by atoms with Crippen molar-refractivity contribution in [3.8, 4) is 0 Å². The second-order valence-electron chi connectivity index (χ2n) is 7.86. The lowest BCUT2D eigenvalue weighted by atomic mass is 9.83. The van der Waals surface area contributed by atoms with Crippen molar-refractivity contribution in [3.63, 3.8) is 0 Å². The fourth-order valence-electron chi connectivity index (χ4n) is 4.57. The van der Waals surface area contributed by atoms with Crippen LogP contribution in [0.5, 0.6) is 0 Å². The minimum Gasteiger partial charge on any atom is -0.357 e. The molecule has 6 heteroatoms. The Labute approximate surface area is 167 Å². The number of likely N-dealkylation sites (tertiary alicyclic amines) is 1. The number of amides is 1. The number of nitrogens with zero attached hydrogens (tertiary/aromatic N) is 4. The number of aromatic nitrogens is 2. The summed E-state index contributed by atoms with van der Waals surface area (Å²) in [6.45, 7) is 4.71. The van der Waals surface area contributed by atoms with Gasteiger partial charge in [0, 0.05) is 50.9 Å². The molecule has 2 aromatic rings. The molecule has 2 saturated heterocycles. The van der Waals surface area contributed by atoms with Crippen molar-refractivity contribution in [2.24, 2.45) is 5.92 Å². The molecule has 0 saturated carbocycles. The number of piperidine rings is 2. The van der Waals surface area contributed by atoms with E-state index in [1.54, 1.807) is 0 Å². The van der Waals surface area contributed by atoms with Gasteiger partial charge in [0.2, 0.25) is 11.9 Å². The molecular formula is C22H29N5O. The minimum absolute atomic E-state index is 0.320. The van der Waals surface area contributed by atoms with E-state index < -0.39 is 0 Å². The van der Waals surface area contributed by atoms with Crippen molar-refractivity contribution >= 4 is 17.7 Å². The van der Waals surface area contributed by atoms with Crippen LogP contribution in [0.1, 0.15) is 30.5 Å². The van der Waals surface area contributed by atoms with E-state index in [1.807, 2.05) is 20.0 Å². The number of nitrogens with one attached hydrogen (secondary N) is 1. The highest BCUT2D eigenvalue weighted by Crippen LogP contribution is 2.33. The Bertz CT molecular complexity index is 825. The Morgan fingerprint density at radius 3 is 2.79 bits per heavy atom. The Morgan fingerprint density at radius 1 is 1.18 bits per heavy atom. The van der Waals surface area contributed by atoms with E-state index >= 15 is 0 Å². The van der Waals surface area contributed by atoms with Gasteiger partial charge in [-0.05, 0) is 37.7 Å². The molecule has 148 valence electrons. The predicted octanol–water partition coefficient (Wildman–Crippen LogP) is 2.89. The summed E-state index contributed by atoms with van der Waals surface area (Å²) in [4.78, 5) is 26.2. The molecule has 0 unspecified atom stereocenters. The van der Waals surface area contributed by atoms with Gasteiger partial charge in [-0.1, -0.05) is 30.3 Å². The van der Waals surface area contributed by atoms with Crippen LogP contribution in [0.2, 0.25) is 0 Å². The van der Waals surface area contributed by atoms with Gasteiger partial charge in [-0.15, -0.1) is 0 Å². The van der Waals surface area contributed by atoms with E-state index in [4.69, 9.17) is 0 Å². The number of anilines is 2. The lowest BCUT2D eigenvalue weighted by Crippen LogP contribution is -2.56. The van der Waals surface area contributed by atoms with E-state index in [0.717, 1.165) is 50.4 Å². The molecule has 0 aliphatic carbocycles. The molecule has 0 spiro atoms. The summed E-state index contributed by atoms with van der Waals surface area (Å²) >= 11 is 0. The second kappa shape index (κ2) is 8.17. The molecule has 1 amide bonds. The molecule has 0 radical (unpaired) electrons. The zero-order valence-corrected chi connectivity index (χ0v) is 16.8. The quantitative estimate of drug-likeness (QED) is 0.866. The SMILES string of the molecule is CNc1nc(C)cc(N2CC[C@H]3[C@H](CCC(=O)N3CCc3ccccc3)C2)n1. The molecule has 6 nitrogen and oxygen atoms in total. The van der Waals surface area contributed by atoms with E-state index in [9.17, 15) is 4.79 Å². The molecule has 28 heavy (non-hydrogen) atoms. The van der Waals surface area contributed by atoms with Crippen LogP contribution in [0.25, 0.3) is 0 Å². The number of benzene rings is 1. The van der Waals surface area contributed by atoms with Gasteiger partial charge in [0.25, 0.3) is 0 Å². The number of carbonyl (C=O) groups is 1. The molecule has 2 aliphatic rings. The van der Waals surface area contributed by atoms with Crippen LogP contribution < -0.4 is 10.2 Å². The predicted molar refractivity (Wildman–Crippen MR) is 112 cm³/mol. The lowest BCUT2D eigenvalue weighted by molar-refractivity contribution is -0.139. The van der Waals surface area contributed by atoms with Crippen LogP contribution >= 0.6 is 0 Å². The van der Waals surface area contributed by atoms with Gasteiger partial charge in [-0.3, -0.25) is 4.79 Å². The highest BCUT2D eigenvalue weighted by atomic mass is 16.2. The summed E-state index contributed by atoms with van der Waals surface area (Å²) in [7, 11) is 1.85. The Kier molecular flexibility index (Phi) is 5.46. The van der Waals surface area contributed by atoms with E-state index in [-0.39, 0.29) is 0 Å². The molecule has 4 rings (SSSR count). The van der Waals surface area contributed by atoms with Gasteiger partial charge < -0.3 is 15.1 Å². The lowest BCUT2D eigenvalue weighted by Gasteiger charge is -2.47. The fraction of sp³-hybridized carbons (Fsp3) is 0.500. The average molecular weight is 380 g/mol. The standard InChI is InChI=1S/C22H29N5O/c1-16-14-20(25-22(23-2)24-16)26-12-11-19-18(15-26)8-9-21(28)27(19)13-10-17-6-4-3-5-7-17/h3-7,14,18-19H,8-13,15H2,1-2H3,(H,23,24,25)/t18-,19+/m1/s1. The monoisotopic (exact) mass is 379 g/mol. The Balaban J connectivity index is 1.45. The maximum atomic E-state index is 12.6. The van der Waals surface area contributed by atoms with Gasteiger partial charge in [0.1, 0.15) is 5.82 Å². The maximum Gasteiger partial charge on any atom is 0.224 e. The van der Waals surface area contributed by atoms with Crippen LogP contribution in [0.15, 0.2) is 36.4 Å². The topological polar surface area (TPSA) is 61.4 Å². The number of fused-ring (bicyclic) bond motifs is 1. The fourth-order valence-corrected chi connectivity index (χ4v) is 4.57. The summed E-state index contributed by atoms with van der Waals surface area (Å²) < 4.78 is 0. The third-order valence-corrected chi connectivity index (χ3v) is 6.02. The summed E-state index contributed by atoms with van der Waals surface area (Å²) in [5, 5.41) is 3.05. The number of hydrogen-bond donors (Lipinski definition) is 1. The third-order valence-electron chi connectivity index (χ3n) is 6.02. The van der Waals surface area contributed by atoms with E-state index in [1.165, 1.54) is 5.56 Å². The van der Waals surface area contributed by atoms with Gasteiger partial charge >= 0.3 is 0 Å². The second-order valence-corrected chi connectivity index (χ2v) is 7.86. The van der Waals surface area contributed by atoms with Crippen molar-refractivity contribution < 1.29 is 4.79 Å². The van der Waals surface area contributed by atoms with Gasteiger partial charge in [0.15, 0.2) is 0 Å². The molecule has 2 aliphatic heterocycles. The Hall–Kier alpha value is -2.63. The first-order chi connectivity index (χ1) is 13.6. The summed E-state index contributed by atoms with van der Waals surface area (Å²) in [5.41, 5.74) is 2.27. The first-order valence-corrected chi connectivity index (χ1v) is 10.3. The number of hydrogen-bond acceptors (Lipinski definition) is 5. The zero-order valence-electron chi connectivity index (χ0n) is 16.8. The molecule has 2 fully saturated rings. The van der Waals surface area contributed by atoms with Gasteiger partial charge in [-0.2, -0.15) is 4.98 Å². The molecule has 1 aromatic carbocycles. The van der Waals surface area contributed by atoms with E-state index in [0.29, 0.717) is 30.2 Å². The molecule has 1 N–H and O–H groups in total. The van der Waals surface area contributed by atoms with Crippen LogP contribution in [0.4, 0.5) is 11.8 Å². The summed E-state index contributed by atoms with van der Waals surface area (Å²) in [6, 6.07) is 12.9. The third kappa shape index (κ3) is 3.96. The number of aryl methyl sites for hydroxylation is 1. The molecule has 3 heterocycles. The van der Waals surface area contributed by atoms with Gasteiger partial charge in [0.05, 0.1) is 0 Å². The van der Waals surface area contributed by atoms with Gasteiger partial charge in [-0.25, -0.2) is 4.98 Å².